The third-order valence-corrected chi connectivity index (χ3v) is 6.10. The number of anilines is 2. The van der Waals surface area contributed by atoms with Gasteiger partial charge in [0.05, 0.1) is 12.8 Å². The van der Waals surface area contributed by atoms with Crippen LogP contribution in [0.2, 0.25) is 5.02 Å². The maximum absolute atomic E-state index is 13.2. The van der Waals surface area contributed by atoms with E-state index in [2.05, 4.69) is 14.7 Å². The lowest BCUT2D eigenvalue weighted by atomic mass is 10.0. The number of halogens is 1. The van der Waals surface area contributed by atoms with Gasteiger partial charge in [0, 0.05) is 22.8 Å². The normalized spacial score (nSPS) is 16.2. The van der Waals surface area contributed by atoms with Gasteiger partial charge in [-0.2, -0.15) is 0 Å². The highest BCUT2D eigenvalue weighted by Crippen LogP contribution is 2.33. The molecule has 0 spiro atoms. The largest absolute Gasteiger partial charge is 0.472 e. The molecule has 3 aromatic rings. The number of hydrogen-bond acceptors (Lipinski definition) is 7. The van der Waals surface area contributed by atoms with Gasteiger partial charge in [0.1, 0.15) is 23.8 Å². The maximum Gasteiger partial charge on any atom is 0.267 e. The fourth-order valence-corrected chi connectivity index (χ4v) is 4.28. The predicted octanol–water partition coefficient (Wildman–Crippen LogP) is 2.86. The van der Waals surface area contributed by atoms with Crippen LogP contribution in [0.4, 0.5) is 11.5 Å². The highest BCUT2D eigenvalue weighted by Gasteiger charge is 2.31. The number of sulfonamides is 1. The Morgan fingerprint density at radius 3 is 2.61 bits per heavy atom. The van der Waals surface area contributed by atoms with Crippen LogP contribution in [0, 0.1) is 0 Å². The quantitative estimate of drug-likeness (QED) is 0.566. The highest BCUT2D eigenvalue weighted by molar-refractivity contribution is 7.88. The summed E-state index contributed by atoms with van der Waals surface area (Å²) in [7, 11) is -3.30. The van der Waals surface area contributed by atoms with Crippen LogP contribution in [0.15, 0.2) is 48.8 Å². The van der Waals surface area contributed by atoms with E-state index in [-0.39, 0.29) is 35.8 Å². The number of amides is 1. The van der Waals surface area contributed by atoms with Gasteiger partial charge in [0.25, 0.3) is 5.91 Å². The number of nitrogens with two attached hydrogens (primary N) is 1. The van der Waals surface area contributed by atoms with Crippen molar-refractivity contribution in [1.82, 2.24) is 14.7 Å². The Balaban J connectivity index is 1.60. The van der Waals surface area contributed by atoms with Crippen LogP contribution in [0.1, 0.15) is 22.8 Å². The molecule has 0 bridgehead atoms. The van der Waals surface area contributed by atoms with Gasteiger partial charge in [0.15, 0.2) is 0 Å². The molecule has 1 amide bonds. The van der Waals surface area contributed by atoms with Gasteiger partial charge in [-0.05, 0) is 36.2 Å². The summed E-state index contributed by atoms with van der Waals surface area (Å²) in [6, 6.07) is 12.7. The predicted molar refractivity (Wildman–Crippen MR) is 127 cm³/mol. The number of ether oxygens (including phenoxy) is 1. The average molecular weight is 488 g/mol. The monoisotopic (exact) mass is 487 g/mol. The smallest absolute Gasteiger partial charge is 0.267 e. The third-order valence-electron chi connectivity index (χ3n) is 5.12. The molecule has 0 fully saturated rings. The van der Waals surface area contributed by atoms with E-state index in [4.69, 9.17) is 22.1 Å². The lowest BCUT2D eigenvalue weighted by Crippen LogP contribution is -2.36. The molecular weight excluding hydrogens is 466 g/mol. The van der Waals surface area contributed by atoms with Crippen LogP contribution < -0.4 is 20.1 Å². The van der Waals surface area contributed by atoms with Crippen LogP contribution in [0.25, 0.3) is 11.1 Å². The molecule has 1 aromatic heterocycles. The number of nitrogen functional groups attached to an aromatic ring is 1. The van der Waals surface area contributed by atoms with Crippen molar-refractivity contribution in [2.24, 2.45) is 0 Å². The number of carbonyl (C=O) groups is 1. The Morgan fingerprint density at radius 2 is 1.94 bits per heavy atom. The molecule has 1 atom stereocenters. The van der Waals surface area contributed by atoms with Crippen molar-refractivity contribution in [1.29, 1.82) is 0 Å². The molecule has 0 saturated heterocycles. The van der Waals surface area contributed by atoms with Gasteiger partial charge in [-0.3, -0.25) is 4.79 Å². The molecule has 33 heavy (non-hydrogen) atoms. The maximum atomic E-state index is 13.2. The topological polar surface area (TPSA) is 128 Å². The molecule has 172 valence electrons. The van der Waals surface area contributed by atoms with Crippen LogP contribution in [0.3, 0.4) is 0 Å². The summed E-state index contributed by atoms with van der Waals surface area (Å²) >= 11 is 6.45. The number of fused-ring (bicyclic) bond motifs is 1. The SMILES string of the molecule is CC1CN(c2ccc(-c3ccc(CNS(C)(=O)=O)cc3Cl)cc2)C(=O)c2c(N)ncnc2O1. The number of benzene rings is 2. The zero-order chi connectivity index (χ0) is 23.8. The molecule has 1 unspecified atom stereocenters. The first-order valence-electron chi connectivity index (χ1n) is 10.0. The highest BCUT2D eigenvalue weighted by atomic mass is 35.5. The Morgan fingerprint density at radius 1 is 1.21 bits per heavy atom. The van der Waals surface area contributed by atoms with E-state index in [0.29, 0.717) is 17.3 Å². The summed E-state index contributed by atoms with van der Waals surface area (Å²) in [5, 5.41) is 0.488. The summed E-state index contributed by atoms with van der Waals surface area (Å²) in [6.07, 6.45) is 2.07. The molecule has 3 N–H and O–H groups in total. The van der Waals surface area contributed by atoms with Crippen molar-refractivity contribution in [2.45, 2.75) is 19.6 Å². The van der Waals surface area contributed by atoms with Crippen molar-refractivity contribution in [2.75, 3.05) is 23.4 Å². The van der Waals surface area contributed by atoms with Crippen molar-refractivity contribution >= 4 is 39.0 Å². The second kappa shape index (κ2) is 8.97. The molecular formula is C22H22ClN5O4S. The number of carbonyl (C=O) groups excluding carboxylic acids is 1. The summed E-state index contributed by atoms with van der Waals surface area (Å²) in [6.45, 7) is 2.32. The lowest BCUT2D eigenvalue weighted by molar-refractivity contribution is 0.0988. The minimum Gasteiger partial charge on any atom is -0.472 e. The Kier molecular flexibility index (Phi) is 6.24. The molecule has 2 aromatic carbocycles. The van der Waals surface area contributed by atoms with Gasteiger partial charge in [-0.1, -0.05) is 35.9 Å². The molecule has 0 radical (unpaired) electrons. The van der Waals surface area contributed by atoms with Gasteiger partial charge >= 0.3 is 0 Å². The number of rotatable bonds is 5. The summed E-state index contributed by atoms with van der Waals surface area (Å²) in [5.41, 5.74) is 9.12. The van der Waals surface area contributed by atoms with Gasteiger partial charge in [-0.15, -0.1) is 0 Å². The fraction of sp³-hybridized carbons (Fsp3) is 0.227. The first-order valence-corrected chi connectivity index (χ1v) is 12.3. The van der Waals surface area contributed by atoms with Crippen LogP contribution in [-0.2, 0) is 16.6 Å². The molecule has 1 aliphatic heterocycles. The van der Waals surface area contributed by atoms with Crippen molar-refractivity contribution in [3.8, 4) is 17.0 Å². The van der Waals surface area contributed by atoms with Crippen LogP contribution in [0.5, 0.6) is 5.88 Å². The van der Waals surface area contributed by atoms with E-state index in [9.17, 15) is 13.2 Å². The van der Waals surface area contributed by atoms with E-state index >= 15 is 0 Å². The van der Waals surface area contributed by atoms with Crippen molar-refractivity contribution in [3.63, 3.8) is 0 Å². The molecule has 1 aliphatic rings. The summed E-state index contributed by atoms with van der Waals surface area (Å²) in [5.74, 6) is -0.0877. The van der Waals surface area contributed by atoms with Gasteiger partial charge in [0.2, 0.25) is 15.9 Å². The number of hydrogen-bond donors (Lipinski definition) is 2. The molecule has 4 rings (SSSR count). The minimum absolute atomic E-state index is 0.0676. The van der Waals surface area contributed by atoms with E-state index < -0.39 is 10.0 Å². The second-order valence-corrected chi connectivity index (χ2v) is 9.98. The third kappa shape index (κ3) is 5.08. The summed E-state index contributed by atoms with van der Waals surface area (Å²) in [4.78, 5) is 22.8. The first-order chi connectivity index (χ1) is 15.6. The second-order valence-electron chi connectivity index (χ2n) is 7.74. The standard InChI is InChI=1S/C22H22ClN5O4S/c1-13-11-28(22(29)19-20(24)25-12-26-21(19)32-13)16-6-4-15(5-7-16)17-8-3-14(9-18(17)23)10-27-33(2,30)31/h3-9,12-13,27H,10-11H2,1-2H3,(H2,24,25,26). The Hall–Kier alpha value is -3.21. The lowest BCUT2D eigenvalue weighted by Gasteiger charge is -2.22. The van der Waals surface area contributed by atoms with E-state index in [1.807, 2.05) is 43.3 Å². The van der Waals surface area contributed by atoms with Crippen LogP contribution in [-0.4, -0.2) is 43.2 Å². The fourth-order valence-electron chi connectivity index (χ4n) is 3.54. The van der Waals surface area contributed by atoms with Crippen molar-refractivity contribution < 1.29 is 17.9 Å². The molecule has 11 heteroatoms. The van der Waals surface area contributed by atoms with E-state index in [1.165, 1.54) is 6.33 Å². The van der Waals surface area contributed by atoms with Gasteiger partial charge < -0.3 is 15.4 Å². The number of aromatic nitrogens is 2. The molecule has 9 nitrogen and oxygen atoms in total. The minimum atomic E-state index is -3.30. The zero-order valence-corrected chi connectivity index (χ0v) is 19.5. The number of nitrogens with zero attached hydrogens (tertiary/aromatic N) is 3. The van der Waals surface area contributed by atoms with Crippen molar-refractivity contribution in [3.05, 3.63) is 64.9 Å². The summed E-state index contributed by atoms with van der Waals surface area (Å²) < 4.78 is 30.8. The Labute approximate surface area is 196 Å². The van der Waals surface area contributed by atoms with Crippen LogP contribution >= 0.6 is 11.6 Å². The first kappa shape index (κ1) is 23.0. The van der Waals surface area contributed by atoms with Gasteiger partial charge in [-0.25, -0.2) is 23.1 Å². The molecule has 2 heterocycles. The van der Waals surface area contributed by atoms with E-state index in [1.54, 1.807) is 11.0 Å². The average Bonchev–Trinajstić information content (AvgIpc) is 2.88. The molecule has 0 saturated carbocycles. The van der Waals surface area contributed by atoms with E-state index in [0.717, 1.165) is 22.9 Å². The number of nitrogens with one attached hydrogen (secondary N) is 1. The molecule has 0 aliphatic carbocycles. The Bertz CT molecular complexity index is 1310. The zero-order valence-electron chi connectivity index (χ0n) is 17.9.